The molecule has 1 N–H and O–H groups in total. The fourth-order valence-electron chi connectivity index (χ4n) is 0.941. The SMILES string of the molecule is CCC1OC(=O)C(F)(F)C1O. The molecule has 0 aliphatic carbocycles. The summed E-state index contributed by atoms with van der Waals surface area (Å²) in [6.07, 6.45) is -2.85. The van der Waals surface area contributed by atoms with Crippen molar-refractivity contribution in [3.8, 4) is 0 Å². The van der Waals surface area contributed by atoms with Crippen LogP contribution in [0.5, 0.6) is 0 Å². The first-order chi connectivity index (χ1) is 5.00. The Bertz CT molecular complexity index is 181. The van der Waals surface area contributed by atoms with Crippen molar-refractivity contribution in [2.45, 2.75) is 31.5 Å². The zero-order chi connectivity index (χ0) is 8.65. The Labute approximate surface area is 62.0 Å². The van der Waals surface area contributed by atoms with Crippen LogP contribution in [0.4, 0.5) is 8.78 Å². The highest BCUT2D eigenvalue weighted by molar-refractivity contribution is 5.80. The van der Waals surface area contributed by atoms with Gasteiger partial charge in [0.1, 0.15) is 6.10 Å². The number of hydrogen-bond donors (Lipinski definition) is 1. The molecular formula is C6H8F2O3. The van der Waals surface area contributed by atoms with E-state index < -0.39 is 24.1 Å². The lowest BCUT2D eigenvalue weighted by molar-refractivity contribution is -0.162. The van der Waals surface area contributed by atoms with Gasteiger partial charge in [0.25, 0.3) is 0 Å². The maximum absolute atomic E-state index is 12.4. The first-order valence-corrected chi connectivity index (χ1v) is 3.27. The molecule has 0 radical (unpaired) electrons. The average molecular weight is 166 g/mol. The van der Waals surface area contributed by atoms with Gasteiger partial charge in [-0.15, -0.1) is 0 Å². The topological polar surface area (TPSA) is 46.5 Å². The van der Waals surface area contributed by atoms with Crippen molar-refractivity contribution in [2.24, 2.45) is 0 Å². The van der Waals surface area contributed by atoms with Crippen LogP contribution in [0, 0.1) is 0 Å². The number of carbonyl (C=O) groups excluding carboxylic acids is 1. The van der Waals surface area contributed by atoms with Crippen molar-refractivity contribution in [3.63, 3.8) is 0 Å². The maximum atomic E-state index is 12.4. The fourth-order valence-corrected chi connectivity index (χ4v) is 0.941. The maximum Gasteiger partial charge on any atom is 0.380 e. The van der Waals surface area contributed by atoms with Crippen LogP contribution in [0.2, 0.25) is 0 Å². The lowest BCUT2D eigenvalue weighted by Crippen LogP contribution is -2.37. The van der Waals surface area contributed by atoms with Gasteiger partial charge < -0.3 is 9.84 Å². The molecule has 0 aromatic rings. The molecule has 2 unspecified atom stereocenters. The summed E-state index contributed by atoms with van der Waals surface area (Å²) in [5.74, 6) is -5.35. The molecule has 1 aliphatic rings. The van der Waals surface area contributed by atoms with Gasteiger partial charge in [0.2, 0.25) is 0 Å². The molecule has 0 saturated carbocycles. The second-order valence-corrected chi connectivity index (χ2v) is 2.42. The van der Waals surface area contributed by atoms with Crippen LogP contribution in [0.3, 0.4) is 0 Å². The van der Waals surface area contributed by atoms with E-state index >= 15 is 0 Å². The monoisotopic (exact) mass is 166 g/mol. The van der Waals surface area contributed by atoms with Gasteiger partial charge in [-0.05, 0) is 6.42 Å². The predicted octanol–water partition coefficient (Wildman–Crippen LogP) is 0.318. The highest BCUT2D eigenvalue weighted by Crippen LogP contribution is 2.32. The summed E-state index contributed by atoms with van der Waals surface area (Å²) >= 11 is 0. The summed E-state index contributed by atoms with van der Waals surface area (Å²) in [5.41, 5.74) is 0. The first-order valence-electron chi connectivity index (χ1n) is 3.27. The van der Waals surface area contributed by atoms with Crippen LogP contribution in [0.25, 0.3) is 0 Å². The number of rotatable bonds is 1. The van der Waals surface area contributed by atoms with E-state index in [4.69, 9.17) is 5.11 Å². The van der Waals surface area contributed by atoms with Gasteiger partial charge in [0, 0.05) is 0 Å². The fraction of sp³-hybridized carbons (Fsp3) is 0.833. The minimum Gasteiger partial charge on any atom is -0.455 e. The Balaban J connectivity index is 2.80. The van der Waals surface area contributed by atoms with Crippen LogP contribution in [-0.4, -0.2) is 29.2 Å². The van der Waals surface area contributed by atoms with E-state index in [-0.39, 0.29) is 6.42 Å². The van der Waals surface area contributed by atoms with Crippen molar-refractivity contribution in [3.05, 3.63) is 0 Å². The third kappa shape index (κ3) is 1.09. The Morgan fingerprint density at radius 3 is 2.45 bits per heavy atom. The van der Waals surface area contributed by atoms with Crippen molar-refractivity contribution in [1.82, 2.24) is 0 Å². The lowest BCUT2D eigenvalue weighted by Gasteiger charge is -2.11. The summed E-state index contributed by atoms with van der Waals surface area (Å²) in [4.78, 5) is 10.3. The molecule has 1 fully saturated rings. The van der Waals surface area contributed by atoms with E-state index in [1.54, 1.807) is 6.92 Å². The molecule has 0 aromatic carbocycles. The minimum absolute atomic E-state index is 0.197. The van der Waals surface area contributed by atoms with E-state index in [9.17, 15) is 13.6 Å². The van der Waals surface area contributed by atoms with Crippen molar-refractivity contribution >= 4 is 5.97 Å². The Kier molecular flexibility index (Phi) is 1.83. The molecule has 3 nitrogen and oxygen atoms in total. The van der Waals surface area contributed by atoms with E-state index in [1.165, 1.54) is 0 Å². The molecule has 0 spiro atoms. The van der Waals surface area contributed by atoms with E-state index in [0.717, 1.165) is 0 Å². The van der Waals surface area contributed by atoms with Gasteiger partial charge in [-0.2, -0.15) is 8.78 Å². The number of alkyl halides is 2. The summed E-state index contributed by atoms with van der Waals surface area (Å²) in [5, 5.41) is 8.79. The van der Waals surface area contributed by atoms with Crippen molar-refractivity contribution in [1.29, 1.82) is 0 Å². The highest BCUT2D eigenvalue weighted by Gasteiger charge is 2.58. The van der Waals surface area contributed by atoms with Crippen LogP contribution in [0.1, 0.15) is 13.3 Å². The second kappa shape index (κ2) is 2.41. The number of esters is 1. The van der Waals surface area contributed by atoms with Crippen molar-refractivity contribution in [2.75, 3.05) is 0 Å². The van der Waals surface area contributed by atoms with Gasteiger partial charge in [-0.3, -0.25) is 0 Å². The standard InChI is InChI=1S/C6H8F2O3/c1-2-3-4(9)6(7,8)5(10)11-3/h3-4,9H,2H2,1H3. The Hall–Kier alpha value is -0.710. The largest absolute Gasteiger partial charge is 0.455 e. The molecule has 0 aromatic heterocycles. The molecule has 5 heteroatoms. The van der Waals surface area contributed by atoms with Crippen molar-refractivity contribution < 1.29 is 23.4 Å². The lowest BCUT2D eigenvalue weighted by atomic mass is 10.1. The summed E-state index contributed by atoms with van der Waals surface area (Å²) in [7, 11) is 0. The number of halogens is 2. The number of carbonyl (C=O) groups is 1. The van der Waals surface area contributed by atoms with Gasteiger partial charge in [0.15, 0.2) is 6.10 Å². The zero-order valence-corrected chi connectivity index (χ0v) is 5.88. The van der Waals surface area contributed by atoms with Gasteiger partial charge in [0.05, 0.1) is 0 Å². The highest BCUT2D eigenvalue weighted by atomic mass is 19.3. The molecule has 1 rings (SSSR count). The second-order valence-electron chi connectivity index (χ2n) is 2.42. The third-order valence-electron chi connectivity index (χ3n) is 1.66. The summed E-state index contributed by atoms with van der Waals surface area (Å²) in [6.45, 7) is 1.56. The number of aliphatic hydroxyl groups is 1. The molecule has 0 bridgehead atoms. The molecule has 0 amide bonds. The number of cyclic esters (lactones) is 1. The van der Waals surface area contributed by atoms with Crippen LogP contribution in [0.15, 0.2) is 0 Å². The average Bonchev–Trinajstić information content (AvgIpc) is 2.14. The first kappa shape index (κ1) is 8.39. The van der Waals surface area contributed by atoms with Crippen LogP contribution >= 0.6 is 0 Å². The van der Waals surface area contributed by atoms with Crippen LogP contribution < -0.4 is 0 Å². The number of hydrogen-bond acceptors (Lipinski definition) is 3. The van der Waals surface area contributed by atoms with Gasteiger partial charge in [-0.1, -0.05) is 6.92 Å². The quantitative estimate of drug-likeness (QED) is 0.570. The Morgan fingerprint density at radius 1 is 1.73 bits per heavy atom. The smallest absolute Gasteiger partial charge is 0.380 e. The van der Waals surface area contributed by atoms with E-state index in [2.05, 4.69) is 4.74 Å². The van der Waals surface area contributed by atoms with E-state index in [0.29, 0.717) is 0 Å². The predicted molar refractivity (Wildman–Crippen MR) is 31.1 cm³/mol. The number of ether oxygens (including phenoxy) is 1. The minimum atomic E-state index is -3.72. The summed E-state index contributed by atoms with van der Waals surface area (Å²) in [6, 6.07) is 0. The molecule has 1 heterocycles. The van der Waals surface area contributed by atoms with Gasteiger partial charge >= 0.3 is 11.9 Å². The van der Waals surface area contributed by atoms with Crippen LogP contribution in [-0.2, 0) is 9.53 Å². The molecule has 64 valence electrons. The summed E-state index contributed by atoms with van der Waals surface area (Å²) < 4.78 is 29.1. The third-order valence-corrected chi connectivity index (χ3v) is 1.66. The normalized spacial score (nSPS) is 35.5. The molecule has 1 aliphatic heterocycles. The van der Waals surface area contributed by atoms with Gasteiger partial charge in [-0.25, -0.2) is 4.79 Å². The molecule has 1 saturated heterocycles. The zero-order valence-electron chi connectivity index (χ0n) is 5.88. The van der Waals surface area contributed by atoms with E-state index in [1.807, 2.05) is 0 Å². The Morgan fingerprint density at radius 2 is 2.27 bits per heavy atom. The molecular weight excluding hydrogens is 158 g/mol. The number of aliphatic hydroxyl groups excluding tert-OH is 1. The molecule has 2 atom stereocenters. The molecule has 11 heavy (non-hydrogen) atoms.